The van der Waals surface area contributed by atoms with Crippen molar-refractivity contribution in [2.45, 2.75) is 37.6 Å². The van der Waals surface area contributed by atoms with E-state index in [2.05, 4.69) is 30.3 Å². The summed E-state index contributed by atoms with van der Waals surface area (Å²) in [5.74, 6) is 1.38. The third-order valence-electron chi connectivity index (χ3n) is 3.92. The molecule has 0 bridgehead atoms. The smallest absolute Gasteiger partial charge is 0.0191 e. The Morgan fingerprint density at radius 2 is 1.69 bits per heavy atom. The largest absolute Gasteiger partial charge is 0.329 e. The summed E-state index contributed by atoms with van der Waals surface area (Å²) in [6, 6.07) is 11.0. The molecule has 1 unspecified atom stereocenters. The minimum atomic E-state index is 0.205. The summed E-state index contributed by atoms with van der Waals surface area (Å²) in [4.78, 5) is 0. The highest BCUT2D eigenvalue weighted by molar-refractivity contribution is 5.19. The lowest BCUT2D eigenvalue weighted by atomic mass is 9.76. The highest BCUT2D eigenvalue weighted by atomic mass is 14.7. The summed E-state index contributed by atoms with van der Waals surface area (Å²) in [5.41, 5.74) is 13.1. The Kier molecular flexibility index (Phi) is 3.97. The maximum atomic E-state index is 6.01. The van der Waals surface area contributed by atoms with E-state index in [1.807, 2.05) is 0 Å². The molecule has 1 aliphatic carbocycles. The van der Waals surface area contributed by atoms with Gasteiger partial charge in [-0.05, 0) is 43.1 Å². The molecule has 0 spiro atoms. The van der Waals surface area contributed by atoms with Crippen molar-refractivity contribution in [3.63, 3.8) is 0 Å². The second kappa shape index (κ2) is 5.46. The van der Waals surface area contributed by atoms with Crippen LogP contribution in [0.5, 0.6) is 0 Å². The normalized spacial score (nSPS) is 27.6. The fraction of sp³-hybridized carbons (Fsp3) is 0.571. The molecular weight excluding hydrogens is 196 g/mol. The van der Waals surface area contributed by atoms with E-state index in [4.69, 9.17) is 11.5 Å². The van der Waals surface area contributed by atoms with E-state index < -0.39 is 0 Å². The van der Waals surface area contributed by atoms with E-state index in [1.165, 1.54) is 31.2 Å². The number of rotatable bonds is 3. The number of hydrogen-bond donors (Lipinski definition) is 2. The summed E-state index contributed by atoms with van der Waals surface area (Å²) in [6.45, 7) is 0.626. The lowest BCUT2D eigenvalue weighted by Gasteiger charge is -2.31. The van der Waals surface area contributed by atoms with Crippen LogP contribution in [-0.2, 0) is 0 Å². The zero-order valence-electron chi connectivity index (χ0n) is 9.81. The molecule has 2 nitrogen and oxygen atoms in total. The van der Waals surface area contributed by atoms with Crippen molar-refractivity contribution in [1.29, 1.82) is 0 Å². The lowest BCUT2D eigenvalue weighted by molar-refractivity contribution is 0.284. The molecule has 0 saturated heterocycles. The van der Waals surface area contributed by atoms with Crippen LogP contribution in [0.3, 0.4) is 0 Å². The van der Waals surface area contributed by atoms with E-state index in [9.17, 15) is 0 Å². The van der Waals surface area contributed by atoms with Gasteiger partial charge in [0.1, 0.15) is 0 Å². The standard InChI is InChI=1S/C14H22N2/c15-10-14(16)13-8-6-12(7-9-13)11-4-2-1-3-5-11/h1-5,12-14H,6-10,15-16H2. The highest BCUT2D eigenvalue weighted by Gasteiger charge is 2.25. The molecule has 1 fully saturated rings. The average Bonchev–Trinajstić information content (AvgIpc) is 2.39. The Morgan fingerprint density at radius 3 is 2.25 bits per heavy atom. The molecule has 1 aromatic rings. The molecule has 0 amide bonds. The quantitative estimate of drug-likeness (QED) is 0.817. The Balaban J connectivity index is 1.91. The topological polar surface area (TPSA) is 52.0 Å². The summed E-state index contributed by atoms with van der Waals surface area (Å²) in [6.07, 6.45) is 5.00. The van der Waals surface area contributed by atoms with Gasteiger partial charge in [-0.25, -0.2) is 0 Å². The third kappa shape index (κ3) is 2.63. The van der Waals surface area contributed by atoms with Crippen molar-refractivity contribution in [3.8, 4) is 0 Å². The van der Waals surface area contributed by atoms with E-state index in [1.54, 1.807) is 0 Å². The van der Waals surface area contributed by atoms with Crippen LogP contribution < -0.4 is 11.5 Å². The summed E-state index contributed by atoms with van der Waals surface area (Å²) in [5, 5.41) is 0. The predicted octanol–water partition coefficient (Wildman–Crippen LogP) is 2.25. The maximum absolute atomic E-state index is 6.01. The maximum Gasteiger partial charge on any atom is 0.0191 e. The number of hydrogen-bond acceptors (Lipinski definition) is 2. The van der Waals surface area contributed by atoms with Gasteiger partial charge in [-0.1, -0.05) is 30.3 Å². The van der Waals surface area contributed by atoms with Gasteiger partial charge in [-0.15, -0.1) is 0 Å². The molecule has 0 radical (unpaired) electrons. The van der Waals surface area contributed by atoms with E-state index in [-0.39, 0.29) is 6.04 Å². The van der Waals surface area contributed by atoms with Gasteiger partial charge >= 0.3 is 0 Å². The first-order chi connectivity index (χ1) is 7.81. The summed E-state index contributed by atoms with van der Waals surface area (Å²) in [7, 11) is 0. The van der Waals surface area contributed by atoms with Crippen molar-refractivity contribution < 1.29 is 0 Å². The van der Waals surface area contributed by atoms with Gasteiger partial charge in [0.15, 0.2) is 0 Å². The van der Waals surface area contributed by atoms with Crippen LogP contribution in [0.25, 0.3) is 0 Å². The third-order valence-corrected chi connectivity index (χ3v) is 3.92. The van der Waals surface area contributed by atoms with Crippen molar-refractivity contribution in [3.05, 3.63) is 35.9 Å². The van der Waals surface area contributed by atoms with E-state index in [0.29, 0.717) is 12.5 Å². The second-order valence-corrected chi connectivity index (χ2v) is 4.92. The fourth-order valence-corrected chi connectivity index (χ4v) is 2.80. The van der Waals surface area contributed by atoms with Crippen molar-refractivity contribution in [1.82, 2.24) is 0 Å². The molecular formula is C14H22N2. The predicted molar refractivity (Wildman–Crippen MR) is 68.2 cm³/mol. The first-order valence-corrected chi connectivity index (χ1v) is 6.32. The number of benzene rings is 1. The number of nitrogens with two attached hydrogens (primary N) is 2. The van der Waals surface area contributed by atoms with Crippen LogP contribution in [0.1, 0.15) is 37.2 Å². The van der Waals surface area contributed by atoms with Gasteiger partial charge in [-0.2, -0.15) is 0 Å². The average molecular weight is 218 g/mol. The first-order valence-electron chi connectivity index (χ1n) is 6.32. The summed E-state index contributed by atoms with van der Waals surface area (Å²) >= 11 is 0. The van der Waals surface area contributed by atoms with Gasteiger partial charge in [0.25, 0.3) is 0 Å². The molecule has 0 heterocycles. The zero-order chi connectivity index (χ0) is 11.4. The Bertz CT molecular complexity index is 302. The zero-order valence-corrected chi connectivity index (χ0v) is 9.81. The Labute approximate surface area is 98.0 Å². The highest BCUT2D eigenvalue weighted by Crippen LogP contribution is 2.36. The van der Waals surface area contributed by atoms with Crippen molar-refractivity contribution in [2.24, 2.45) is 17.4 Å². The monoisotopic (exact) mass is 218 g/mol. The van der Waals surface area contributed by atoms with Crippen LogP contribution in [0, 0.1) is 5.92 Å². The van der Waals surface area contributed by atoms with Crippen LogP contribution in [0.15, 0.2) is 30.3 Å². The van der Waals surface area contributed by atoms with Crippen molar-refractivity contribution in [2.75, 3.05) is 6.54 Å². The van der Waals surface area contributed by atoms with Crippen LogP contribution >= 0.6 is 0 Å². The lowest BCUT2D eigenvalue weighted by Crippen LogP contribution is -2.38. The fourth-order valence-electron chi connectivity index (χ4n) is 2.80. The van der Waals surface area contributed by atoms with Crippen LogP contribution in [-0.4, -0.2) is 12.6 Å². The molecule has 2 rings (SSSR count). The molecule has 1 aromatic carbocycles. The van der Waals surface area contributed by atoms with Crippen LogP contribution in [0.4, 0.5) is 0 Å². The van der Waals surface area contributed by atoms with Crippen LogP contribution in [0.2, 0.25) is 0 Å². The Morgan fingerprint density at radius 1 is 1.06 bits per heavy atom. The molecule has 88 valence electrons. The molecule has 16 heavy (non-hydrogen) atoms. The second-order valence-electron chi connectivity index (χ2n) is 4.92. The molecule has 0 aliphatic heterocycles. The van der Waals surface area contributed by atoms with Crippen molar-refractivity contribution >= 4 is 0 Å². The van der Waals surface area contributed by atoms with E-state index >= 15 is 0 Å². The summed E-state index contributed by atoms with van der Waals surface area (Å²) < 4.78 is 0. The SMILES string of the molecule is NCC(N)C1CCC(c2ccccc2)CC1. The minimum Gasteiger partial charge on any atom is -0.329 e. The molecule has 2 heteroatoms. The van der Waals surface area contributed by atoms with Gasteiger partial charge in [0, 0.05) is 12.6 Å². The molecule has 4 N–H and O–H groups in total. The minimum absolute atomic E-state index is 0.205. The molecule has 1 aliphatic rings. The molecule has 1 saturated carbocycles. The van der Waals surface area contributed by atoms with Gasteiger partial charge in [0.05, 0.1) is 0 Å². The van der Waals surface area contributed by atoms with E-state index in [0.717, 1.165) is 5.92 Å². The molecule has 0 aromatic heterocycles. The van der Waals surface area contributed by atoms with Gasteiger partial charge < -0.3 is 11.5 Å². The Hall–Kier alpha value is -0.860. The van der Waals surface area contributed by atoms with Gasteiger partial charge in [0.2, 0.25) is 0 Å². The van der Waals surface area contributed by atoms with Gasteiger partial charge in [-0.3, -0.25) is 0 Å². The molecule has 1 atom stereocenters. The first kappa shape index (κ1) is 11.6.